The molecule has 0 aromatic heterocycles. The van der Waals surface area contributed by atoms with E-state index in [1.807, 2.05) is 12.1 Å². The van der Waals surface area contributed by atoms with Crippen LogP contribution in [0.4, 0.5) is 0 Å². The second-order valence-electron chi connectivity index (χ2n) is 8.31. The Kier molecular flexibility index (Phi) is 6.56. The topological polar surface area (TPSA) is 26.3 Å². The summed E-state index contributed by atoms with van der Waals surface area (Å²) in [6, 6.07) is 8.09. The number of esters is 1. The van der Waals surface area contributed by atoms with Crippen molar-refractivity contribution in [1.29, 1.82) is 0 Å². The van der Waals surface area contributed by atoms with E-state index in [0.717, 1.165) is 31.1 Å². The molecule has 2 nitrogen and oxygen atoms in total. The van der Waals surface area contributed by atoms with Crippen molar-refractivity contribution in [1.82, 2.24) is 0 Å². The molecule has 0 bridgehead atoms. The Morgan fingerprint density at radius 1 is 0.960 bits per heavy atom. The minimum atomic E-state index is -0.0154. The highest BCUT2D eigenvalue weighted by Gasteiger charge is 2.32. The predicted octanol–water partition coefficient (Wildman–Crippen LogP) is 6.49. The van der Waals surface area contributed by atoms with Crippen LogP contribution < -0.4 is 4.74 Å². The summed E-state index contributed by atoms with van der Waals surface area (Å²) in [4.78, 5) is 12.5. The van der Waals surface area contributed by atoms with E-state index in [0.29, 0.717) is 11.7 Å². The van der Waals surface area contributed by atoms with Crippen LogP contribution in [0.2, 0.25) is 0 Å². The summed E-state index contributed by atoms with van der Waals surface area (Å²) in [6.45, 7) is 4.42. The van der Waals surface area contributed by atoms with Gasteiger partial charge in [0.05, 0.1) is 5.92 Å². The highest BCUT2D eigenvalue weighted by Crippen LogP contribution is 2.40. The highest BCUT2D eigenvalue weighted by molar-refractivity contribution is 5.75. The minimum absolute atomic E-state index is 0.0154. The van der Waals surface area contributed by atoms with Gasteiger partial charge in [0.15, 0.2) is 0 Å². The van der Waals surface area contributed by atoms with Crippen LogP contribution in [-0.4, -0.2) is 5.97 Å². The zero-order chi connectivity index (χ0) is 17.6. The minimum Gasteiger partial charge on any atom is -0.426 e. The summed E-state index contributed by atoms with van der Waals surface area (Å²) >= 11 is 0. The fourth-order valence-corrected chi connectivity index (χ4v) is 4.73. The van der Waals surface area contributed by atoms with Gasteiger partial charge in [0.1, 0.15) is 5.75 Å². The maximum absolute atomic E-state index is 12.5. The van der Waals surface area contributed by atoms with Crippen molar-refractivity contribution in [2.75, 3.05) is 0 Å². The third kappa shape index (κ3) is 4.86. The molecule has 2 aliphatic rings. The van der Waals surface area contributed by atoms with Gasteiger partial charge < -0.3 is 4.74 Å². The van der Waals surface area contributed by atoms with Crippen molar-refractivity contribution in [3.05, 3.63) is 29.8 Å². The number of rotatable bonds is 5. The average Bonchev–Trinajstić information content (AvgIpc) is 2.68. The van der Waals surface area contributed by atoms with Gasteiger partial charge >= 0.3 is 5.97 Å². The third-order valence-electron chi connectivity index (χ3n) is 6.70. The fourth-order valence-electron chi connectivity index (χ4n) is 4.73. The summed E-state index contributed by atoms with van der Waals surface area (Å²) < 4.78 is 5.66. The van der Waals surface area contributed by atoms with E-state index >= 15 is 0 Å². The molecule has 1 unspecified atom stereocenters. The third-order valence-corrected chi connectivity index (χ3v) is 6.70. The quantitative estimate of drug-likeness (QED) is 0.451. The summed E-state index contributed by atoms with van der Waals surface area (Å²) in [5.41, 5.74) is 1.32. The summed E-state index contributed by atoms with van der Waals surface area (Å²) in [6.07, 6.45) is 12.7. The molecule has 0 spiro atoms. The Morgan fingerprint density at radius 3 is 2.16 bits per heavy atom. The first kappa shape index (κ1) is 18.5. The number of ether oxygens (including phenoxy) is 1. The van der Waals surface area contributed by atoms with Crippen LogP contribution in [0, 0.1) is 17.8 Å². The Balaban J connectivity index is 1.47. The first-order valence-corrected chi connectivity index (χ1v) is 10.5. The zero-order valence-corrected chi connectivity index (χ0v) is 16.0. The van der Waals surface area contributed by atoms with Gasteiger partial charge in [-0.15, -0.1) is 0 Å². The lowest BCUT2D eigenvalue weighted by molar-refractivity contribution is -0.140. The summed E-state index contributed by atoms with van der Waals surface area (Å²) in [7, 11) is 0. The van der Waals surface area contributed by atoms with Crippen LogP contribution >= 0.6 is 0 Å². The van der Waals surface area contributed by atoms with Gasteiger partial charge in [-0.25, -0.2) is 0 Å². The van der Waals surface area contributed by atoms with Gasteiger partial charge in [0.25, 0.3) is 0 Å². The van der Waals surface area contributed by atoms with Gasteiger partial charge in [-0.1, -0.05) is 58.1 Å². The van der Waals surface area contributed by atoms with Gasteiger partial charge in [-0.3, -0.25) is 4.79 Å². The Bertz CT molecular complexity index is 534. The van der Waals surface area contributed by atoms with E-state index in [1.165, 1.54) is 50.5 Å². The number of carbonyl (C=O) groups excluding carboxylic acids is 1. The fraction of sp³-hybridized carbons (Fsp3) is 0.696. The molecule has 1 atom stereocenters. The first-order valence-electron chi connectivity index (χ1n) is 10.5. The molecule has 0 N–H and O–H groups in total. The standard InChI is InChI=1S/C23H34O2/c1-3-17(2)18-13-15-22(16-14-18)25-23(24)21-11-9-20(10-12-21)19-7-5-4-6-8-19/h13-17,19-21H,3-12H2,1-2H3. The van der Waals surface area contributed by atoms with Crippen LogP contribution in [0.15, 0.2) is 24.3 Å². The van der Waals surface area contributed by atoms with E-state index in [1.54, 1.807) is 0 Å². The average molecular weight is 343 g/mol. The van der Waals surface area contributed by atoms with E-state index in [2.05, 4.69) is 26.0 Å². The van der Waals surface area contributed by atoms with E-state index in [4.69, 9.17) is 4.74 Å². The lowest BCUT2D eigenvalue weighted by atomic mass is 9.71. The lowest BCUT2D eigenvalue weighted by Gasteiger charge is -2.35. The molecule has 0 saturated heterocycles. The smallest absolute Gasteiger partial charge is 0.314 e. The molecule has 2 saturated carbocycles. The van der Waals surface area contributed by atoms with Crippen molar-refractivity contribution in [2.24, 2.45) is 17.8 Å². The summed E-state index contributed by atoms with van der Waals surface area (Å²) in [5.74, 6) is 3.14. The number of hydrogen-bond donors (Lipinski definition) is 0. The van der Waals surface area contributed by atoms with Gasteiger partial charge in [-0.2, -0.15) is 0 Å². The maximum Gasteiger partial charge on any atom is 0.314 e. The van der Waals surface area contributed by atoms with Gasteiger partial charge in [0.2, 0.25) is 0 Å². The summed E-state index contributed by atoms with van der Waals surface area (Å²) in [5, 5.41) is 0. The molecule has 0 radical (unpaired) electrons. The van der Waals surface area contributed by atoms with Crippen LogP contribution in [0.5, 0.6) is 5.75 Å². The SMILES string of the molecule is CCC(C)c1ccc(OC(=O)C2CCC(C3CCCCC3)CC2)cc1. The lowest BCUT2D eigenvalue weighted by Crippen LogP contribution is -2.29. The molecule has 138 valence electrons. The van der Waals surface area contributed by atoms with Crippen molar-refractivity contribution < 1.29 is 9.53 Å². The van der Waals surface area contributed by atoms with E-state index < -0.39 is 0 Å². The van der Waals surface area contributed by atoms with Crippen molar-refractivity contribution >= 4 is 5.97 Å². The van der Waals surface area contributed by atoms with Crippen LogP contribution in [0.25, 0.3) is 0 Å². The largest absolute Gasteiger partial charge is 0.426 e. The molecule has 2 aliphatic carbocycles. The molecule has 0 heterocycles. The molecule has 1 aromatic carbocycles. The molecule has 3 rings (SSSR count). The molecule has 2 fully saturated rings. The molecule has 25 heavy (non-hydrogen) atoms. The Labute approximate surface area is 153 Å². The maximum atomic E-state index is 12.5. The van der Waals surface area contributed by atoms with Crippen LogP contribution in [0.3, 0.4) is 0 Å². The molecular formula is C23H34O2. The van der Waals surface area contributed by atoms with Crippen LogP contribution in [-0.2, 0) is 4.79 Å². The van der Waals surface area contributed by atoms with Gasteiger partial charge in [0, 0.05) is 0 Å². The predicted molar refractivity (Wildman–Crippen MR) is 103 cm³/mol. The van der Waals surface area contributed by atoms with E-state index in [9.17, 15) is 4.79 Å². The van der Waals surface area contributed by atoms with Crippen LogP contribution in [0.1, 0.15) is 89.5 Å². The normalized spacial score (nSPS) is 26.2. The second-order valence-corrected chi connectivity index (χ2v) is 8.31. The number of benzene rings is 1. The monoisotopic (exact) mass is 342 g/mol. The molecule has 1 aromatic rings. The molecule has 0 aliphatic heterocycles. The van der Waals surface area contributed by atoms with E-state index in [-0.39, 0.29) is 11.9 Å². The number of carbonyl (C=O) groups is 1. The number of hydrogen-bond acceptors (Lipinski definition) is 2. The first-order chi connectivity index (χ1) is 12.2. The molecule has 0 amide bonds. The zero-order valence-electron chi connectivity index (χ0n) is 16.0. The Morgan fingerprint density at radius 2 is 1.56 bits per heavy atom. The van der Waals surface area contributed by atoms with Crippen molar-refractivity contribution in [3.63, 3.8) is 0 Å². The highest BCUT2D eigenvalue weighted by atomic mass is 16.5. The Hall–Kier alpha value is -1.31. The van der Waals surface area contributed by atoms with Crippen molar-refractivity contribution in [2.45, 2.75) is 84.0 Å². The van der Waals surface area contributed by atoms with Crippen molar-refractivity contribution in [3.8, 4) is 5.75 Å². The molecule has 2 heteroatoms. The molecular weight excluding hydrogens is 308 g/mol. The van der Waals surface area contributed by atoms with Gasteiger partial charge in [-0.05, 0) is 67.6 Å². The second kappa shape index (κ2) is 8.87.